The molecule has 0 saturated heterocycles. The monoisotopic (exact) mass is 243 g/mol. The number of carbonyl (C=O) groups excluding carboxylic acids is 1. The lowest BCUT2D eigenvalue weighted by molar-refractivity contribution is -0.118. The molecule has 4 heteroatoms. The molecule has 1 amide bonds. The minimum atomic E-state index is -0.532. The van der Waals surface area contributed by atoms with Crippen LogP contribution in [0.5, 0.6) is 0 Å². The molecule has 1 aromatic carbocycles. The highest BCUT2D eigenvalue weighted by Crippen LogP contribution is 2.14. The highest BCUT2D eigenvalue weighted by atomic mass is 16.5. The van der Waals surface area contributed by atoms with Crippen molar-refractivity contribution < 1.29 is 14.4 Å². The van der Waals surface area contributed by atoms with E-state index in [2.05, 4.69) is 0 Å². The van der Waals surface area contributed by atoms with Gasteiger partial charge in [0.25, 0.3) is 5.91 Å². The van der Waals surface area contributed by atoms with Crippen LogP contribution in [0.3, 0.4) is 0 Å². The minimum Gasteiger partial charge on any atom is -0.465 e. The van der Waals surface area contributed by atoms with Gasteiger partial charge in [0.2, 0.25) is 0 Å². The summed E-state index contributed by atoms with van der Waals surface area (Å²) in [6.45, 7) is 1.93. The van der Waals surface area contributed by atoms with Gasteiger partial charge in [-0.1, -0.05) is 17.7 Å². The topological polar surface area (TPSA) is 53.7 Å². The lowest BCUT2D eigenvalue weighted by atomic mass is 10.2. The number of hydrogen-bond acceptors (Lipinski definition) is 3. The zero-order valence-corrected chi connectivity index (χ0v) is 9.91. The van der Waals surface area contributed by atoms with Crippen molar-refractivity contribution in [2.24, 2.45) is 0 Å². The number of hydrogen-bond donors (Lipinski definition) is 1. The van der Waals surface area contributed by atoms with Gasteiger partial charge in [0.15, 0.2) is 0 Å². The molecule has 1 N–H and O–H groups in total. The summed E-state index contributed by atoms with van der Waals surface area (Å²) in [5.74, 6) is 0.0240. The van der Waals surface area contributed by atoms with Crippen LogP contribution >= 0.6 is 0 Å². The van der Waals surface area contributed by atoms with E-state index in [-0.39, 0.29) is 0 Å². The van der Waals surface area contributed by atoms with Gasteiger partial charge in [-0.3, -0.25) is 10.0 Å². The van der Waals surface area contributed by atoms with Crippen molar-refractivity contribution in [2.45, 2.75) is 6.92 Å². The Morgan fingerprint density at radius 2 is 2.00 bits per heavy atom. The molecule has 0 unspecified atom stereocenters. The van der Waals surface area contributed by atoms with Crippen LogP contribution in [-0.2, 0) is 4.79 Å². The van der Waals surface area contributed by atoms with Gasteiger partial charge in [-0.05, 0) is 37.3 Å². The van der Waals surface area contributed by atoms with Gasteiger partial charge in [0.1, 0.15) is 5.76 Å². The van der Waals surface area contributed by atoms with Crippen LogP contribution in [-0.4, -0.2) is 11.1 Å². The quantitative estimate of drug-likeness (QED) is 0.512. The molecule has 18 heavy (non-hydrogen) atoms. The Hall–Kier alpha value is -2.33. The van der Waals surface area contributed by atoms with Crippen LogP contribution in [0.15, 0.2) is 53.2 Å². The van der Waals surface area contributed by atoms with E-state index in [0.29, 0.717) is 16.5 Å². The van der Waals surface area contributed by atoms with Gasteiger partial charge in [0.05, 0.1) is 12.0 Å². The predicted octanol–water partition coefficient (Wildman–Crippen LogP) is 3.02. The number of anilines is 1. The number of benzene rings is 1. The van der Waals surface area contributed by atoms with E-state index < -0.39 is 5.91 Å². The maximum absolute atomic E-state index is 11.7. The zero-order valence-electron chi connectivity index (χ0n) is 9.91. The standard InChI is InChI=1S/C14H13NO3/c1-11-4-6-12(7-5-11)15(17)14(16)9-8-13-3-2-10-18-13/h2-10,17H,1H3. The fourth-order valence-corrected chi connectivity index (χ4v) is 1.42. The third-order valence-corrected chi connectivity index (χ3v) is 2.42. The molecule has 0 aliphatic carbocycles. The number of hydroxylamine groups is 1. The third kappa shape index (κ3) is 2.87. The number of amides is 1. The van der Waals surface area contributed by atoms with Gasteiger partial charge >= 0.3 is 0 Å². The Balaban J connectivity index is 2.07. The van der Waals surface area contributed by atoms with Gasteiger partial charge in [-0.15, -0.1) is 0 Å². The number of rotatable bonds is 3. The summed E-state index contributed by atoms with van der Waals surface area (Å²) in [4.78, 5) is 11.7. The van der Waals surface area contributed by atoms with Crippen LogP contribution in [0.4, 0.5) is 5.69 Å². The third-order valence-electron chi connectivity index (χ3n) is 2.42. The summed E-state index contributed by atoms with van der Waals surface area (Å²) < 4.78 is 5.05. The normalized spacial score (nSPS) is 10.8. The highest BCUT2D eigenvalue weighted by molar-refractivity contribution is 6.01. The maximum Gasteiger partial charge on any atom is 0.274 e. The summed E-state index contributed by atoms with van der Waals surface area (Å²) in [5.41, 5.74) is 1.49. The van der Waals surface area contributed by atoms with E-state index in [1.165, 1.54) is 18.4 Å². The molecule has 0 radical (unpaired) electrons. The van der Waals surface area contributed by atoms with E-state index in [4.69, 9.17) is 4.42 Å². The molecule has 2 aromatic rings. The second-order valence-electron chi connectivity index (χ2n) is 3.83. The summed E-state index contributed by atoms with van der Waals surface area (Å²) in [6, 6.07) is 10.4. The van der Waals surface area contributed by atoms with Crippen molar-refractivity contribution in [3.63, 3.8) is 0 Å². The first-order valence-corrected chi connectivity index (χ1v) is 5.48. The largest absolute Gasteiger partial charge is 0.465 e. The molecular weight excluding hydrogens is 230 g/mol. The molecule has 2 rings (SSSR count). The summed E-state index contributed by atoms with van der Waals surface area (Å²) >= 11 is 0. The van der Waals surface area contributed by atoms with Crippen molar-refractivity contribution in [3.05, 3.63) is 60.1 Å². The lowest BCUT2D eigenvalue weighted by Gasteiger charge is -2.12. The average molecular weight is 243 g/mol. The molecule has 92 valence electrons. The van der Waals surface area contributed by atoms with Crippen molar-refractivity contribution in [3.8, 4) is 0 Å². The van der Waals surface area contributed by atoms with Gasteiger partial charge in [0, 0.05) is 6.08 Å². The Morgan fingerprint density at radius 3 is 2.61 bits per heavy atom. The fourth-order valence-electron chi connectivity index (χ4n) is 1.42. The smallest absolute Gasteiger partial charge is 0.274 e. The average Bonchev–Trinajstić information content (AvgIpc) is 2.89. The van der Waals surface area contributed by atoms with Crippen molar-refractivity contribution >= 4 is 17.7 Å². The molecule has 1 aromatic heterocycles. The summed E-state index contributed by atoms with van der Waals surface area (Å²) in [5, 5.41) is 10.3. The first-order chi connectivity index (χ1) is 8.66. The van der Waals surface area contributed by atoms with Gasteiger partial charge in [-0.2, -0.15) is 5.06 Å². The Morgan fingerprint density at radius 1 is 1.28 bits per heavy atom. The second-order valence-corrected chi connectivity index (χ2v) is 3.83. The first-order valence-electron chi connectivity index (χ1n) is 5.48. The molecule has 4 nitrogen and oxygen atoms in total. The molecule has 1 heterocycles. The number of carbonyl (C=O) groups is 1. The van der Waals surface area contributed by atoms with E-state index in [9.17, 15) is 10.0 Å². The Labute approximate surface area is 105 Å². The van der Waals surface area contributed by atoms with Crippen molar-refractivity contribution in [1.82, 2.24) is 0 Å². The molecule has 0 bridgehead atoms. The predicted molar refractivity (Wildman–Crippen MR) is 68.2 cm³/mol. The molecule has 0 aliphatic heterocycles. The Kier molecular flexibility index (Phi) is 3.60. The molecule has 0 aliphatic rings. The molecule has 0 saturated carbocycles. The highest BCUT2D eigenvalue weighted by Gasteiger charge is 2.09. The lowest BCUT2D eigenvalue weighted by Crippen LogP contribution is -2.24. The number of nitrogens with zero attached hydrogens (tertiary/aromatic N) is 1. The van der Waals surface area contributed by atoms with Crippen molar-refractivity contribution in [1.29, 1.82) is 0 Å². The number of aryl methyl sites for hydroxylation is 1. The fraction of sp³-hybridized carbons (Fsp3) is 0.0714. The van der Waals surface area contributed by atoms with E-state index in [0.717, 1.165) is 5.56 Å². The van der Waals surface area contributed by atoms with Gasteiger partial charge < -0.3 is 4.42 Å². The van der Waals surface area contributed by atoms with Crippen LogP contribution in [0, 0.1) is 6.92 Å². The summed E-state index contributed by atoms with van der Waals surface area (Å²) in [6.07, 6.45) is 4.26. The van der Waals surface area contributed by atoms with E-state index in [1.54, 1.807) is 24.3 Å². The second kappa shape index (κ2) is 5.33. The summed E-state index contributed by atoms with van der Waals surface area (Å²) in [7, 11) is 0. The Bertz CT molecular complexity index is 541. The molecule has 0 fully saturated rings. The van der Waals surface area contributed by atoms with Crippen LogP contribution in [0.2, 0.25) is 0 Å². The van der Waals surface area contributed by atoms with E-state index in [1.807, 2.05) is 19.1 Å². The maximum atomic E-state index is 11.7. The number of furan rings is 1. The van der Waals surface area contributed by atoms with Gasteiger partial charge in [-0.25, -0.2) is 0 Å². The van der Waals surface area contributed by atoms with E-state index >= 15 is 0 Å². The zero-order chi connectivity index (χ0) is 13.0. The molecule has 0 atom stereocenters. The first kappa shape index (κ1) is 12.1. The molecule has 0 spiro atoms. The van der Waals surface area contributed by atoms with Crippen LogP contribution in [0.25, 0.3) is 6.08 Å². The van der Waals surface area contributed by atoms with Crippen LogP contribution in [0.1, 0.15) is 11.3 Å². The van der Waals surface area contributed by atoms with Crippen molar-refractivity contribution in [2.75, 3.05) is 5.06 Å². The SMILES string of the molecule is Cc1ccc(N(O)C(=O)C=Cc2ccco2)cc1. The molecular formula is C14H13NO3. The van der Waals surface area contributed by atoms with Crippen LogP contribution < -0.4 is 5.06 Å². The minimum absolute atomic E-state index is 0.426.